The second-order valence-corrected chi connectivity index (χ2v) is 5.48. The monoisotopic (exact) mass is 324 g/mol. The van der Waals surface area contributed by atoms with Crippen molar-refractivity contribution in [3.63, 3.8) is 0 Å². The molecule has 2 amide bonds. The lowest BCUT2D eigenvalue weighted by atomic mass is 10.3. The molecule has 0 heterocycles. The molecule has 112 valence electrons. The third kappa shape index (κ3) is 4.50. The second-order valence-electron chi connectivity index (χ2n) is 4.07. The molecule has 0 unspecified atom stereocenters. The highest BCUT2D eigenvalue weighted by molar-refractivity contribution is 7.99. The third-order valence-electron chi connectivity index (χ3n) is 2.66. The number of rotatable bonds is 5. The van der Waals surface area contributed by atoms with Crippen molar-refractivity contribution in [2.24, 2.45) is 0 Å². The van der Waals surface area contributed by atoms with E-state index in [9.17, 15) is 13.6 Å². The average Bonchev–Trinajstić information content (AvgIpc) is 2.40. The van der Waals surface area contributed by atoms with E-state index in [1.807, 2.05) is 0 Å². The van der Waals surface area contributed by atoms with Gasteiger partial charge in [-0.25, -0.2) is 4.79 Å². The lowest BCUT2D eigenvalue weighted by Crippen LogP contribution is -2.40. The topological polar surface area (TPSA) is 52.6 Å². The van der Waals surface area contributed by atoms with Crippen LogP contribution >= 0.6 is 23.4 Å². The number of urea groups is 1. The van der Waals surface area contributed by atoms with Gasteiger partial charge < -0.3 is 15.3 Å². The van der Waals surface area contributed by atoms with Gasteiger partial charge in [-0.15, -0.1) is 0 Å². The van der Waals surface area contributed by atoms with E-state index in [0.29, 0.717) is 0 Å². The molecular weight excluding hydrogens is 310 g/mol. The average molecular weight is 325 g/mol. The Morgan fingerprint density at radius 3 is 2.75 bits per heavy atom. The maximum atomic E-state index is 12.5. The van der Waals surface area contributed by atoms with Crippen molar-refractivity contribution in [1.82, 2.24) is 4.90 Å². The molecule has 20 heavy (non-hydrogen) atoms. The predicted molar refractivity (Wildman–Crippen MR) is 76.6 cm³/mol. The number of alkyl halides is 2. The van der Waals surface area contributed by atoms with Gasteiger partial charge in [-0.05, 0) is 19.1 Å². The van der Waals surface area contributed by atoms with Crippen LogP contribution in [0.2, 0.25) is 5.02 Å². The van der Waals surface area contributed by atoms with E-state index in [0.717, 1.165) is 0 Å². The van der Waals surface area contributed by atoms with Crippen molar-refractivity contribution in [3.8, 4) is 0 Å². The van der Waals surface area contributed by atoms with Gasteiger partial charge in [0.05, 0.1) is 28.3 Å². The number of amides is 2. The standard InChI is InChI=1S/C12H15ClF2N2O2S/c1-7(6-18)17(2)12(19)16-9-5-3-4-8(13)10(9)20-11(14)15/h3-5,7,11,18H,6H2,1-2H3,(H,16,19)/t7-/m1/s1. The maximum absolute atomic E-state index is 12.5. The number of anilines is 1. The zero-order valence-corrected chi connectivity index (χ0v) is 12.5. The van der Waals surface area contributed by atoms with E-state index in [-0.39, 0.29) is 40.0 Å². The van der Waals surface area contributed by atoms with Crippen LogP contribution in [0.5, 0.6) is 0 Å². The number of nitrogens with one attached hydrogen (secondary N) is 1. The lowest BCUT2D eigenvalue weighted by molar-refractivity contribution is 0.166. The summed E-state index contributed by atoms with van der Waals surface area (Å²) >= 11 is 6.14. The van der Waals surface area contributed by atoms with Gasteiger partial charge in [0.2, 0.25) is 0 Å². The Morgan fingerprint density at radius 1 is 1.55 bits per heavy atom. The fourth-order valence-corrected chi connectivity index (χ4v) is 2.26. The molecule has 4 nitrogen and oxygen atoms in total. The SMILES string of the molecule is C[C@H](CO)N(C)C(=O)Nc1cccc(Cl)c1SC(F)F. The van der Waals surface area contributed by atoms with Gasteiger partial charge in [0, 0.05) is 7.05 Å². The van der Waals surface area contributed by atoms with Crippen LogP contribution in [0.4, 0.5) is 19.3 Å². The minimum absolute atomic E-state index is 0.113. The number of hydrogen-bond acceptors (Lipinski definition) is 3. The summed E-state index contributed by atoms with van der Waals surface area (Å²) in [5, 5.41) is 11.6. The Balaban J connectivity index is 2.92. The summed E-state index contributed by atoms with van der Waals surface area (Å²) in [6, 6.07) is 3.63. The van der Waals surface area contributed by atoms with E-state index in [2.05, 4.69) is 5.32 Å². The number of carbonyl (C=O) groups is 1. The largest absolute Gasteiger partial charge is 0.394 e. The summed E-state index contributed by atoms with van der Waals surface area (Å²) in [6.45, 7) is 1.46. The second kappa shape index (κ2) is 7.66. The zero-order valence-electron chi connectivity index (χ0n) is 10.9. The molecule has 0 aromatic heterocycles. The maximum Gasteiger partial charge on any atom is 0.321 e. The number of halogens is 3. The van der Waals surface area contributed by atoms with Crippen molar-refractivity contribution in [1.29, 1.82) is 0 Å². The van der Waals surface area contributed by atoms with E-state index < -0.39 is 11.8 Å². The molecule has 0 radical (unpaired) electrons. The fraction of sp³-hybridized carbons (Fsp3) is 0.417. The summed E-state index contributed by atoms with van der Waals surface area (Å²) in [6.07, 6.45) is 0. The molecule has 0 saturated heterocycles. The van der Waals surface area contributed by atoms with Gasteiger partial charge in [-0.3, -0.25) is 0 Å². The molecule has 1 atom stereocenters. The highest BCUT2D eigenvalue weighted by atomic mass is 35.5. The van der Waals surface area contributed by atoms with E-state index in [1.165, 1.54) is 24.1 Å². The molecule has 0 aliphatic carbocycles. The molecule has 1 aromatic carbocycles. The van der Waals surface area contributed by atoms with Crippen molar-refractivity contribution in [2.45, 2.75) is 23.6 Å². The summed E-state index contributed by atoms with van der Waals surface area (Å²) in [5.41, 5.74) is 0.213. The van der Waals surface area contributed by atoms with Crippen LogP contribution in [0.3, 0.4) is 0 Å². The molecule has 0 saturated carbocycles. The molecule has 1 aromatic rings. The Labute approximate surface area is 125 Å². The molecule has 0 spiro atoms. The smallest absolute Gasteiger partial charge is 0.321 e. The summed E-state index contributed by atoms with van der Waals surface area (Å²) in [7, 11) is 1.50. The van der Waals surface area contributed by atoms with Gasteiger partial charge in [-0.2, -0.15) is 8.78 Å². The molecule has 0 aliphatic rings. The van der Waals surface area contributed by atoms with Gasteiger partial charge in [0.1, 0.15) is 0 Å². The number of nitrogens with zero attached hydrogens (tertiary/aromatic N) is 1. The number of carbonyl (C=O) groups excluding carboxylic acids is 1. The van der Waals surface area contributed by atoms with E-state index in [4.69, 9.17) is 16.7 Å². The molecule has 1 rings (SSSR count). The van der Waals surface area contributed by atoms with Gasteiger partial charge in [0.15, 0.2) is 0 Å². The number of aliphatic hydroxyl groups excluding tert-OH is 1. The summed E-state index contributed by atoms with van der Waals surface area (Å²) < 4.78 is 25.0. The van der Waals surface area contributed by atoms with Gasteiger partial charge >= 0.3 is 6.03 Å². The quantitative estimate of drug-likeness (QED) is 0.815. The number of benzene rings is 1. The number of aliphatic hydroxyl groups is 1. The highest BCUT2D eigenvalue weighted by Gasteiger charge is 2.19. The van der Waals surface area contributed by atoms with Crippen LogP contribution in [-0.2, 0) is 0 Å². The molecule has 0 bridgehead atoms. The van der Waals surface area contributed by atoms with Crippen molar-refractivity contribution >= 4 is 35.1 Å². The first-order valence-electron chi connectivity index (χ1n) is 5.74. The number of thioether (sulfide) groups is 1. The molecular formula is C12H15ClF2N2O2S. The predicted octanol–water partition coefficient (Wildman–Crippen LogP) is 3.50. The van der Waals surface area contributed by atoms with Crippen LogP contribution in [0.15, 0.2) is 23.1 Å². The van der Waals surface area contributed by atoms with Crippen molar-refractivity contribution < 1.29 is 18.7 Å². The van der Waals surface area contributed by atoms with Gasteiger partial charge in [-0.1, -0.05) is 29.4 Å². The van der Waals surface area contributed by atoms with Crippen molar-refractivity contribution in [2.75, 3.05) is 19.0 Å². The normalized spacial score (nSPS) is 12.3. The summed E-state index contributed by atoms with van der Waals surface area (Å²) in [4.78, 5) is 13.3. The zero-order chi connectivity index (χ0) is 15.3. The molecule has 0 aliphatic heterocycles. The Hall–Kier alpha value is -1.05. The van der Waals surface area contributed by atoms with Crippen LogP contribution in [0, 0.1) is 0 Å². The van der Waals surface area contributed by atoms with E-state index >= 15 is 0 Å². The fourth-order valence-electron chi connectivity index (χ4n) is 1.34. The molecule has 0 fully saturated rings. The minimum Gasteiger partial charge on any atom is -0.394 e. The first-order chi connectivity index (χ1) is 9.36. The molecule has 8 heteroatoms. The van der Waals surface area contributed by atoms with Crippen LogP contribution in [0.25, 0.3) is 0 Å². The third-order valence-corrected chi connectivity index (χ3v) is 3.94. The Kier molecular flexibility index (Phi) is 6.51. The Morgan fingerprint density at radius 2 is 2.20 bits per heavy atom. The highest BCUT2D eigenvalue weighted by Crippen LogP contribution is 2.37. The Bertz CT molecular complexity index is 477. The van der Waals surface area contributed by atoms with Crippen LogP contribution in [-0.4, -0.2) is 41.5 Å². The van der Waals surface area contributed by atoms with Gasteiger partial charge in [0.25, 0.3) is 5.76 Å². The first kappa shape index (κ1) is 17.0. The lowest BCUT2D eigenvalue weighted by Gasteiger charge is -2.24. The minimum atomic E-state index is -2.64. The first-order valence-corrected chi connectivity index (χ1v) is 7.00. The van der Waals surface area contributed by atoms with Crippen LogP contribution in [0.1, 0.15) is 6.92 Å². The number of likely N-dealkylation sites (N-methyl/N-ethyl adjacent to an activating group) is 1. The number of hydrogen-bond donors (Lipinski definition) is 2. The molecule has 2 N–H and O–H groups in total. The van der Waals surface area contributed by atoms with Crippen molar-refractivity contribution in [3.05, 3.63) is 23.2 Å². The van der Waals surface area contributed by atoms with E-state index in [1.54, 1.807) is 13.0 Å². The summed E-state index contributed by atoms with van der Waals surface area (Å²) in [5.74, 6) is -2.64. The van der Waals surface area contributed by atoms with Crippen LogP contribution < -0.4 is 5.32 Å².